The number of aromatic nitrogens is 3. The van der Waals surface area contributed by atoms with E-state index in [4.69, 9.17) is 10.8 Å². The van der Waals surface area contributed by atoms with Crippen LogP contribution in [0.4, 0.5) is 11.5 Å². The summed E-state index contributed by atoms with van der Waals surface area (Å²) in [5.41, 5.74) is 5.78. The summed E-state index contributed by atoms with van der Waals surface area (Å²) in [4.78, 5) is 21.2. The SMILES string of the molecule is CN(Cc1nccn1C)c1cc(C(=O)O)c(N)cn1. The van der Waals surface area contributed by atoms with Gasteiger partial charge in [0, 0.05) is 26.5 Å². The third-order valence-electron chi connectivity index (χ3n) is 2.84. The van der Waals surface area contributed by atoms with Crippen molar-refractivity contribution in [2.45, 2.75) is 6.54 Å². The second-order valence-electron chi connectivity index (χ2n) is 4.25. The van der Waals surface area contributed by atoms with E-state index < -0.39 is 5.97 Å². The van der Waals surface area contributed by atoms with Gasteiger partial charge in [-0.3, -0.25) is 0 Å². The molecular formula is C12H15N5O2. The lowest BCUT2D eigenvalue weighted by Crippen LogP contribution is -2.20. The Morgan fingerprint density at radius 1 is 1.53 bits per heavy atom. The predicted molar refractivity (Wildman–Crippen MR) is 70.9 cm³/mol. The van der Waals surface area contributed by atoms with Crippen LogP contribution in [0.1, 0.15) is 16.2 Å². The quantitative estimate of drug-likeness (QED) is 0.842. The first-order chi connectivity index (χ1) is 8.99. The second kappa shape index (κ2) is 4.97. The standard InChI is InChI=1S/C12H15N5O2/c1-16-4-3-14-11(16)7-17(2)10-5-8(12(18)19)9(13)6-15-10/h3-6H,7,13H2,1-2H3,(H,18,19). The Hall–Kier alpha value is -2.57. The van der Waals surface area contributed by atoms with Crippen molar-refractivity contribution in [3.8, 4) is 0 Å². The van der Waals surface area contributed by atoms with Gasteiger partial charge in [-0.2, -0.15) is 0 Å². The summed E-state index contributed by atoms with van der Waals surface area (Å²) in [6.07, 6.45) is 4.91. The topological polar surface area (TPSA) is 97.3 Å². The number of rotatable bonds is 4. The van der Waals surface area contributed by atoms with Gasteiger partial charge in [0.15, 0.2) is 0 Å². The van der Waals surface area contributed by atoms with E-state index in [9.17, 15) is 4.79 Å². The number of carboxylic acids is 1. The van der Waals surface area contributed by atoms with Crippen LogP contribution in [0.3, 0.4) is 0 Å². The highest BCUT2D eigenvalue weighted by Crippen LogP contribution is 2.18. The Morgan fingerprint density at radius 3 is 2.84 bits per heavy atom. The van der Waals surface area contributed by atoms with E-state index in [-0.39, 0.29) is 11.3 Å². The number of aryl methyl sites for hydroxylation is 1. The molecule has 2 aromatic heterocycles. The molecule has 0 aliphatic rings. The fourth-order valence-corrected chi connectivity index (χ4v) is 1.69. The van der Waals surface area contributed by atoms with Gasteiger partial charge >= 0.3 is 5.97 Å². The summed E-state index contributed by atoms with van der Waals surface area (Å²) in [6.45, 7) is 0.527. The number of anilines is 2. The Bertz CT molecular complexity index is 608. The summed E-state index contributed by atoms with van der Waals surface area (Å²) in [6, 6.07) is 1.46. The lowest BCUT2D eigenvalue weighted by atomic mass is 10.2. The first kappa shape index (κ1) is 12.9. The van der Waals surface area contributed by atoms with Crippen LogP contribution in [0, 0.1) is 0 Å². The molecule has 7 heteroatoms. The van der Waals surface area contributed by atoms with E-state index in [1.807, 2.05) is 29.8 Å². The number of nitrogen functional groups attached to an aromatic ring is 1. The first-order valence-corrected chi connectivity index (χ1v) is 5.65. The number of nitrogens with zero attached hydrogens (tertiary/aromatic N) is 4. The van der Waals surface area contributed by atoms with Crippen LogP contribution in [0.15, 0.2) is 24.7 Å². The zero-order chi connectivity index (χ0) is 14.0. The molecule has 0 aliphatic carbocycles. The Morgan fingerprint density at radius 2 is 2.26 bits per heavy atom. The molecule has 7 nitrogen and oxygen atoms in total. The molecule has 0 aliphatic heterocycles. The minimum absolute atomic E-state index is 0.0525. The van der Waals surface area contributed by atoms with Crippen LogP contribution in [0.25, 0.3) is 0 Å². The zero-order valence-corrected chi connectivity index (χ0v) is 10.7. The highest BCUT2D eigenvalue weighted by molar-refractivity contribution is 5.94. The Balaban J connectivity index is 2.24. The molecule has 0 spiro atoms. The van der Waals surface area contributed by atoms with Gasteiger partial charge in [0.05, 0.1) is 24.0 Å². The van der Waals surface area contributed by atoms with Gasteiger partial charge in [-0.05, 0) is 6.07 Å². The van der Waals surface area contributed by atoms with E-state index in [0.717, 1.165) is 5.82 Å². The Kier molecular flexibility index (Phi) is 3.37. The molecule has 0 fully saturated rings. The number of hydrogen-bond acceptors (Lipinski definition) is 5. The average molecular weight is 261 g/mol. The zero-order valence-electron chi connectivity index (χ0n) is 10.7. The monoisotopic (exact) mass is 261 g/mol. The van der Waals surface area contributed by atoms with E-state index >= 15 is 0 Å². The lowest BCUT2D eigenvalue weighted by Gasteiger charge is -2.18. The van der Waals surface area contributed by atoms with Gasteiger partial charge in [-0.25, -0.2) is 14.8 Å². The molecule has 19 heavy (non-hydrogen) atoms. The number of pyridine rings is 1. The van der Waals surface area contributed by atoms with Crippen LogP contribution in [-0.2, 0) is 13.6 Å². The molecule has 0 bridgehead atoms. The van der Waals surface area contributed by atoms with Crippen LogP contribution < -0.4 is 10.6 Å². The number of carbonyl (C=O) groups is 1. The molecule has 0 saturated heterocycles. The highest BCUT2D eigenvalue weighted by Gasteiger charge is 2.13. The van der Waals surface area contributed by atoms with Crippen LogP contribution in [-0.4, -0.2) is 32.7 Å². The minimum Gasteiger partial charge on any atom is -0.478 e. The summed E-state index contributed by atoms with van der Waals surface area (Å²) < 4.78 is 1.89. The number of hydrogen-bond donors (Lipinski definition) is 2. The van der Waals surface area contributed by atoms with Crippen molar-refractivity contribution in [2.75, 3.05) is 17.7 Å². The van der Waals surface area contributed by atoms with Gasteiger partial charge in [0.2, 0.25) is 0 Å². The summed E-state index contributed by atoms with van der Waals surface area (Å²) >= 11 is 0. The van der Waals surface area contributed by atoms with Crippen molar-refractivity contribution in [3.05, 3.63) is 36.0 Å². The molecule has 3 N–H and O–H groups in total. The molecule has 0 radical (unpaired) electrons. The van der Waals surface area contributed by atoms with Gasteiger partial charge in [-0.15, -0.1) is 0 Å². The largest absolute Gasteiger partial charge is 0.478 e. The first-order valence-electron chi connectivity index (χ1n) is 5.65. The average Bonchev–Trinajstić information content (AvgIpc) is 2.75. The molecule has 0 saturated carbocycles. The van der Waals surface area contributed by atoms with E-state index in [1.54, 1.807) is 6.20 Å². The second-order valence-corrected chi connectivity index (χ2v) is 4.25. The van der Waals surface area contributed by atoms with Gasteiger partial charge in [0.1, 0.15) is 11.6 Å². The fourth-order valence-electron chi connectivity index (χ4n) is 1.69. The molecule has 2 rings (SSSR count). The number of nitrogens with two attached hydrogens (primary N) is 1. The fraction of sp³-hybridized carbons (Fsp3) is 0.250. The summed E-state index contributed by atoms with van der Waals surface area (Å²) in [5, 5.41) is 9.03. The summed E-state index contributed by atoms with van der Waals surface area (Å²) in [5.74, 6) is 0.333. The molecule has 100 valence electrons. The van der Waals surface area contributed by atoms with Crippen molar-refractivity contribution < 1.29 is 9.90 Å². The van der Waals surface area contributed by atoms with Crippen molar-refractivity contribution in [1.82, 2.24) is 14.5 Å². The molecular weight excluding hydrogens is 246 g/mol. The number of carboxylic acid groups (broad SMARTS) is 1. The van der Waals surface area contributed by atoms with E-state index in [0.29, 0.717) is 12.4 Å². The van der Waals surface area contributed by atoms with Gasteiger partial charge in [-0.1, -0.05) is 0 Å². The maximum atomic E-state index is 11.0. The molecule has 2 heterocycles. The minimum atomic E-state index is -1.06. The van der Waals surface area contributed by atoms with Crippen LogP contribution in [0.5, 0.6) is 0 Å². The number of imidazole rings is 1. The van der Waals surface area contributed by atoms with Crippen molar-refractivity contribution in [3.63, 3.8) is 0 Å². The van der Waals surface area contributed by atoms with Crippen molar-refractivity contribution in [1.29, 1.82) is 0 Å². The van der Waals surface area contributed by atoms with Gasteiger partial charge < -0.3 is 20.3 Å². The maximum Gasteiger partial charge on any atom is 0.337 e. The molecule has 0 atom stereocenters. The normalized spacial score (nSPS) is 10.4. The Labute approximate surface area is 110 Å². The third-order valence-corrected chi connectivity index (χ3v) is 2.84. The van der Waals surface area contributed by atoms with Crippen molar-refractivity contribution >= 4 is 17.5 Å². The van der Waals surface area contributed by atoms with E-state index in [1.165, 1.54) is 12.3 Å². The number of aromatic carboxylic acids is 1. The molecule has 0 aromatic carbocycles. The third kappa shape index (κ3) is 2.65. The predicted octanol–water partition coefficient (Wildman–Crippen LogP) is 0.732. The molecule has 0 amide bonds. The van der Waals surface area contributed by atoms with Gasteiger partial charge in [0.25, 0.3) is 0 Å². The van der Waals surface area contributed by atoms with Crippen molar-refractivity contribution in [2.24, 2.45) is 7.05 Å². The van der Waals surface area contributed by atoms with Crippen LogP contribution in [0.2, 0.25) is 0 Å². The molecule has 0 unspecified atom stereocenters. The van der Waals surface area contributed by atoms with Crippen LogP contribution >= 0.6 is 0 Å². The maximum absolute atomic E-state index is 11.0. The molecule has 2 aromatic rings. The summed E-state index contributed by atoms with van der Waals surface area (Å²) in [7, 11) is 3.72. The lowest BCUT2D eigenvalue weighted by molar-refractivity contribution is 0.0698. The van der Waals surface area contributed by atoms with E-state index in [2.05, 4.69) is 9.97 Å². The highest BCUT2D eigenvalue weighted by atomic mass is 16.4. The smallest absolute Gasteiger partial charge is 0.337 e.